The zero-order chi connectivity index (χ0) is 11.7. The van der Waals surface area contributed by atoms with Crippen molar-refractivity contribution >= 4 is 0 Å². The van der Waals surface area contributed by atoms with Crippen LogP contribution in [0.5, 0.6) is 0 Å². The summed E-state index contributed by atoms with van der Waals surface area (Å²) in [6.07, 6.45) is -4.75. The van der Waals surface area contributed by atoms with Gasteiger partial charge in [-0.3, -0.25) is 4.90 Å². The molecule has 0 unspecified atom stereocenters. The van der Waals surface area contributed by atoms with Crippen molar-refractivity contribution in [2.45, 2.75) is 19.0 Å². The Kier molecular flexibility index (Phi) is 7.09. The minimum Gasteiger partial charge on any atom is -0.383 e. The minimum atomic E-state index is -4.14. The first kappa shape index (κ1) is 14.2. The molecule has 0 aromatic carbocycles. The van der Waals surface area contributed by atoms with Crippen LogP contribution < -0.4 is 0 Å². The van der Waals surface area contributed by atoms with Crippen LogP contribution in [-0.4, -0.2) is 44.4 Å². The van der Waals surface area contributed by atoms with Gasteiger partial charge in [0.2, 0.25) is 0 Å². The summed E-state index contributed by atoms with van der Waals surface area (Å²) in [4.78, 5) is 1.58. The van der Waals surface area contributed by atoms with Gasteiger partial charge in [-0.05, 0) is 0 Å². The van der Waals surface area contributed by atoms with E-state index in [1.165, 1.54) is 7.11 Å². The highest BCUT2D eigenvalue weighted by molar-refractivity contribution is 4.72. The van der Waals surface area contributed by atoms with E-state index in [0.717, 1.165) is 0 Å². The van der Waals surface area contributed by atoms with Gasteiger partial charge in [-0.2, -0.15) is 18.4 Å². The van der Waals surface area contributed by atoms with Gasteiger partial charge < -0.3 is 4.74 Å². The van der Waals surface area contributed by atoms with Crippen molar-refractivity contribution in [1.29, 1.82) is 5.26 Å². The van der Waals surface area contributed by atoms with Gasteiger partial charge in [0, 0.05) is 33.2 Å². The molecule has 0 aliphatic carbocycles. The molecule has 0 aromatic heterocycles. The van der Waals surface area contributed by atoms with E-state index in [2.05, 4.69) is 0 Å². The number of rotatable bonds is 7. The molecule has 0 bridgehead atoms. The van der Waals surface area contributed by atoms with Crippen LogP contribution in [0.25, 0.3) is 0 Å². The van der Waals surface area contributed by atoms with Crippen LogP contribution in [0.4, 0.5) is 13.2 Å². The molecule has 0 fully saturated rings. The van der Waals surface area contributed by atoms with Crippen molar-refractivity contribution in [2.75, 3.05) is 33.4 Å². The Labute approximate surface area is 87.4 Å². The second-order valence-electron chi connectivity index (χ2n) is 3.11. The molecule has 6 heteroatoms. The van der Waals surface area contributed by atoms with Gasteiger partial charge in [-0.25, -0.2) is 0 Å². The third-order valence-electron chi connectivity index (χ3n) is 1.86. The van der Waals surface area contributed by atoms with Crippen molar-refractivity contribution in [2.24, 2.45) is 0 Å². The summed E-state index contributed by atoms with van der Waals surface area (Å²) in [5, 5.41) is 8.34. The monoisotopic (exact) mass is 224 g/mol. The summed E-state index contributed by atoms with van der Waals surface area (Å²) >= 11 is 0. The summed E-state index contributed by atoms with van der Waals surface area (Å²) in [6.45, 7) is 1.09. The molecule has 0 aliphatic heterocycles. The molecule has 15 heavy (non-hydrogen) atoms. The quantitative estimate of drug-likeness (QED) is 0.661. The molecule has 0 N–H and O–H groups in total. The van der Waals surface area contributed by atoms with E-state index in [4.69, 9.17) is 10.00 Å². The van der Waals surface area contributed by atoms with E-state index < -0.39 is 12.6 Å². The van der Waals surface area contributed by atoms with Gasteiger partial charge in [0.15, 0.2) is 0 Å². The van der Waals surface area contributed by atoms with Gasteiger partial charge in [0.25, 0.3) is 0 Å². The molecule has 0 aliphatic rings. The van der Waals surface area contributed by atoms with Gasteiger partial charge in [-0.15, -0.1) is 0 Å². The van der Waals surface area contributed by atoms with Crippen LogP contribution in [-0.2, 0) is 4.74 Å². The zero-order valence-corrected chi connectivity index (χ0v) is 8.68. The SMILES string of the molecule is COCCN(CCC#N)CCC(F)(F)F. The minimum absolute atomic E-state index is 0.0749. The Morgan fingerprint density at radius 1 is 1.27 bits per heavy atom. The molecule has 3 nitrogen and oxygen atoms in total. The molecule has 0 heterocycles. The van der Waals surface area contributed by atoms with E-state index in [9.17, 15) is 13.2 Å². The number of nitrogens with zero attached hydrogens (tertiary/aromatic N) is 2. The predicted octanol–water partition coefficient (Wildman–Crippen LogP) is 1.80. The maximum absolute atomic E-state index is 11.9. The first-order valence-electron chi connectivity index (χ1n) is 4.64. The number of hydrogen-bond donors (Lipinski definition) is 0. The van der Waals surface area contributed by atoms with E-state index in [0.29, 0.717) is 19.7 Å². The lowest BCUT2D eigenvalue weighted by molar-refractivity contribution is -0.138. The third kappa shape index (κ3) is 9.50. The number of alkyl halides is 3. The molecule has 0 saturated carbocycles. The highest BCUT2D eigenvalue weighted by Crippen LogP contribution is 2.19. The molecule has 0 radical (unpaired) electrons. The van der Waals surface area contributed by atoms with Crippen molar-refractivity contribution in [1.82, 2.24) is 4.90 Å². The first-order chi connectivity index (χ1) is 6.99. The summed E-state index contributed by atoms with van der Waals surface area (Å²) in [5.74, 6) is 0. The van der Waals surface area contributed by atoms with Crippen LogP contribution >= 0.6 is 0 Å². The van der Waals surface area contributed by atoms with E-state index in [-0.39, 0.29) is 13.0 Å². The lowest BCUT2D eigenvalue weighted by atomic mass is 10.3. The van der Waals surface area contributed by atoms with Crippen LogP contribution in [0.3, 0.4) is 0 Å². The lowest BCUT2D eigenvalue weighted by Gasteiger charge is -2.21. The van der Waals surface area contributed by atoms with Gasteiger partial charge in [-0.1, -0.05) is 0 Å². The summed E-state index contributed by atoms with van der Waals surface area (Å²) in [6, 6.07) is 1.91. The number of ether oxygens (including phenoxy) is 1. The molecule has 0 rings (SSSR count). The Hall–Kier alpha value is -0.800. The van der Waals surface area contributed by atoms with Crippen LogP contribution in [0, 0.1) is 11.3 Å². The van der Waals surface area contributed by atoms with Gasteiger partial charge in [0.1, 0.15) is 0 Å². The van der Waals surface area contributed by atoms with Crippen molar-refractivity contribution in [3.05, 3.63) is 0 Å². The van der Waals surface area contributed by atoms with Crippen LogP contribution in [0.1, 0.15) is 12.8 Å². The summed E-state index contributed by atoms with van der Waals surface area (Å²) in [5.41, 5.74) is 0. The molecular formula is C9H15F3N2O. The molecule has 0 spiro atoms. The normalized spacial score (nSPS) is 11.7. The molecule has 0 saturated heterocycles. The number of halogens is 3. The topological polar surface area (TPSA) is 36.3 Å². The average molecular weight is 224 g/mol. The number of hydrogen-bond acceptors (Lipinski definition) is 3. The maximum atomic E-state index is 11.9. The molecule has 0 aromatic rings. The third-order valence-corrected chi connectivity index (χ3v) is 1.86. The molecule has 0 atom stereocenters. The fourth-order valence-corrected chi connectivity index (χ4v) is 1.05. The Morgan fingerprint density at radius 2 is 1.93 bits per heavy atom. The number of methoxy groups -OCH3 is 1. The summed E-state index contributed by atoms with van der Waals surface area (Å²) in [7, 11) is 1.49. The fraction of sp³-hybridized carbons (Fsp3) is 0.889. The smallest absolute Gasteiger partial charge is 0.383 e. The van der Waals surface area contributed by atoms with Crippen molar-refractivity contribution in [3.63, 3.8) is 0 Å². The second-order valence-corrected chi connectivity index (χ2v) is 3.11. The highest BCUT2D eigenvalue weighted by Gasteiger charge is 2.27. The molecular weight excluding hydrogens is 209 g/mol. The van der Waals surface area contributed by atoms with E-state index >= 15 is 0 Å². The largest absolute Gasteiger partial charge is 0.390 e. The second kappa shape index (κ2) is 7.49. The fourth-order valence-electron chi connectivity index (χ4n) is 1.05. The lowest BCUT2D eigenvalue weighted by Crippen LogP contribution is -2.32. The van der Waals surface area contributed by atoms with Crippen molar-refractivity contribution < 1.29 is 17.9 Å². The Morgan fingerprint density at radius 3 is 2.40 bits per heavy atom. The Bertz CT molecular complexity index is 201. The molecule has 88 valence electrons. The van der Waals surface area contributed by atoms with Gasteiger partial charge >= 0.3 is 6.18 Å². The average Bonchev–Trinajstić information content (AvgIpc) is 2.15. The van der Waals surface area contributed by atoms with Crippen molar-refractivity contribution in [3.8, 4) is 6.07 Å². The highest BCUT2D eigenvalue weighted by atomic mass is 19.4. The van der Waals surface area contributed by atoms with Crippen LogP contribution in [0.2, 0.25) is 0 Å². The van der Waals surface area contributed by atoms with E-state index in [1.54, 1.807) is 4.90 Å². The summed E-state index contributed by atoms with van der Waals surface area (Å²) < 4.78 is 40.6. The standard InChI is InChI=1S/C9H15F3N2O/c1-15-8-7-14(5-2-4-13)6-3-9(10,11)12/h2-3,5-8H2,1H3. The maximum Gasteiger partial charge on any atom is 0.390 e. The van der Waals surface area contributed by atoms with E-state index in [1.807, 2.05) is 6.07 Å². The van der Waals surface area contributed by atoms with Gasteiger partial charge in [0.05, 0.1) is 19.1 Å². The zero-order valence-electron chi connectivity index (χ0n) is 8.68. The predicted molar refractivity (Wildman–Crippen MR) is 49.2 cm³/mol. The first-order valence-corrected chi connectivity index (χ1v) is 4.64. The van der Waals surface area contributed by atoms with Crippen LogP contribution in [0.15, 0.2) is 0 Å². The number of nitriles is 1. The molecule has 0 amide bonds. The Balaban J connectivity index is 3.85.